The van der Waals surface area contributed by atoms with Crippen LogP contribution in [0.2, 0.25) is 0 Å². The molecule has 1 fully saturated rings. The van der Waals surface area contributed by atoms with Crippen molar-refractivity contribution in [3.63, 3.8) is 0 Å². The van der Waals surface area contributed by atoms with Gasteiger partial charge in [-0.2, -0.15) is 0 Å². The minimum absolute atomic E-state index is 0.278. The quantitative estimate of drug-likeness (QED) is 0.744. The van der Waals surface area contributed by atoms with E-state index in [1.54, 1.807) is 46.4 Å². The summed E-state index contributed by atoms with van der Waals surface area (Å²) in [4.78, 5) is 50.9. The second-order valence-corrected chi connectivity index (χ2v) is 9.32. The Morgan fingerprint density at radius 3 is 2.00 bits per heavy atom. The fourth-order valence-corrected chi connectivity index (χ4v) is 3.20. The van der Waals surface area contributed by atoms with E-state index in [0.29, 0.717) is 25.9 Å². The van der Waals surface area contributed by atoms with Crippen molar-refractivity contribution in [1.82, 2.24) is 9.47 Å². The summed E-state index contributed by atoms with van der Waals surface area (Å²) in [5.41, 5.74) is -3.07. The summed E-state index contributed by atoms with van der Waals surface area (Å²) in [7, 11) is 0. The number of nitrogens with zero attached hydrogens (tertiary/aromatic N) is 2. The molecule has 0 aliphatic carbocycles. The van der Waals surface area contributed by atoms with Gasteiger partial charge in [0.15, 0.2) is 0 Å². The fourth-order valence-electron chi connectivity index (χ4n) is 3.20. The summed E-state index contributed by atoms with van der Waals surface area (Å²) in [6, 6.07) is 0.962. The van der Waals surface area contributed by atoms with Crippen LogP contribution in [0.4, 0.5) is 4.79 Å². The summed E-state index contributed by atoms with van der Waals surface area (Å²) in [5.74, 6) is -2.34. The van der Waals surface area contributed by atoms with Crippen LogP contribution >= 0.6 is 0 Å². The highest BCUT2D eigenvalue weighted by Gasteiger charge is 2.31. The Hall–Kier alpha value is -2.84. The highest BCUT2D eigenvalue weighted by atomic mass is 16.6. The zero-order valence-electron chi connectivity index (χ0n) is 18.4. The first-order valence-electron chi connectivity index (χ1n) is 9.89. The van der Waals surface area contributed by atoms with Gasteiger partial charge in [0.2, 0.25) is 0 Å². The lowest BCUT2D eigenvalue weighted by Gasteiger charge is -2.34. The number of pyridine rings is 1. The number of likely N-dealkylation sites (tertiary alicyclic amines) is 1. The van der Waals surface area contributed by atoms with Crippen LogP contribution < -0.4 is 5.56 Å². The van der Waals surface area contributed by atoms with Crippen molar-refractivity contribution in [1.29, 1.82) is 0 Å². The third-order valence-corrected chi connectivity index (χ3v) is 4.46. The van der Waals surface area contributed by atoms with Gasteiger partial charge in [-0.05, 0) is 60.5 Å². The van der Waals surface area contributed by atoms with Gasteiger partial charge in [-0.3, -0.25) is 4.79 Å². The zero-order chi connectivity index (χ0) is 22.9. The standard InChI is InChI=1S/C21H30N2O7/c1-20(2,3)29-18(27)15-14(17(25)26)9-12-23(16(15)24)13-7-10-22(11-8-13)19(28)30-21(4,5)6/h9,12-13H,7-8,10-11H2,1-6H3,(H,25,26). The van der Waals surface area contributed by atoms with Gasteiger partial charge >= 0.3 is 18.0 Å². The van der Waals surface area contributed by atoms with Gasteiger partial charge in [0.25, 0.3) is 5.56 Å². The van der Waals surface area contributed by atoms with E-state index < -0.39 is 45.9 Å². The molecule has 0 bridgehead atoms. The first kappa shape index (κ1) is 23.4. The normalized spacial score (nSPS) is 15.6. The monoisotopic (exact) mass is 422 g/mol. The molecule has 1 N–H and O–H groups in total. The topological polar surface area (TPSA) is 115 Å². The minimum atomic E-state index is -1.38. The Balaban J connectivity index is 2.27. The third-order valence-electron chi connectivity index (χ3n) is 4.46. The second-order valence-electron chi connectivity index (χ2n) is 9.32. The number of hydrogen-bond donors (Lipinski definition) is 1. The molecule has 9 nitrogen and oxygen atoms in total. The number of aromatic carboxylic acids is 1. The summed E-state index contributed by atoms with van der Waals surface area (Å²) in [5, 5.41) is 9.41. The zero-order valence-corrected chi connectivity index (χ0v) is 18.4. The van der Waals surface area contributed by atoms with Crippen LogP contribution in [0.5, 0.6) is 0 Å². The van der Waals surface area contributed by atoms with E-state index in [2.05, 4.69) is 0 Å². The van der Waals surface area contributed by atoms with Crippen LogP contribution in [0.15, 0.2) is 17.1 Å². The van der Waals surface area contributed by atoms with Crippen molar-refractivity contribution in [2.45, 2.75) is 71.6 Å². The molecule has 0 saturated carbocycles. The van der Waals surface area contributed by atoms with Crippen LogP contribution in [0.3, 0.4) is 0 Å². The third kappa shape index (κ3) is 5.84. The van der Waals surface area contributed by atoms with Crippen molar-refractivity contribution in [2.75, 3.05) is 13.1 Å². The Morgan fingerprint density at radius 2 is 1.53 bits per heavy atom. The molecule has 1 aliphatic rings. The largest absolute Gasteiger partial charge is 0.478 e. The molecule has 0 spiro atoms. The Morgan fingerprint density at radius 1 is 1.00 bits per heavy atom. The van der Waals surface area contributed by atoms with Gasteiger partial charge in [0, 0.05) is 25.3 Å². The van der Waals surface area contributed by atoms with E-state index in [-0.39, 0.29) is 6.04 Å². The molecule has 166 valence electrons. The Bertz CT molecular complexity index is 882. The lowest BCUT2D eigenvalue weighted by atomic mass is 10.0. The smallest absolute Gasteiger partial charge is 0.410 e. The number of carboxylic acids is 1. The molecule has 0 atom stereocenters. The highest BCUT2D eigenvalue weighted by molar-refractivity contribution is 6.02. The summed E-state index contributed by atoms with van der Waals surface area (Å²) >= 11 is 0. The van der Waals surface area contributed by atoms with Crippen LogP contribution in [0, 0.1) is 0 Å². The van der Waals surface area contributed by atoms with Gasteiger partial charge in [0.1, 0.15) is 16.8 Å². The molecule has 2 rings (SSSR count). The molecule has 0 aromatic carbocycles. The number of carbonyl (C=O) groups excluding carboxylic acids is 2. The first-order valence-corrected chi connectivity index (χ1v) is 9.89. The predicted molar refractivity (Wildman–Crippen MR) is 109 cm³/mol. The van der Waals surface area contributed by atoms with E-state index in [4.69, 9.17) is 9.47 Å². The molecule has 1 amide bonds. The molecule has 1 saturated heterocycles. The van der Waals surface area contributed by atoms with Crippen LogP contribution in [-0.4, -0.2) is 56.9 Å². The molecular formula is C21H30N2O7. The van der Waals surface area contributed by atoms with Gasteiger partial charge in [-0.25, -0.2) is 14.4 Å². The number of ether oxygens (including phenoxy) is 2. The van der Waals surface area contributed by atoms with Gasteiger partial charge < -0.3 is 24.0 Å². The van der Waals surface area contributed by atoms with Crippen molar-refractivity contribution >= 4 is 18.0 Å². The number of amides is 1. The van der Waals surface area contributed by atoms with Gasteiger partial charge in [-0.15, -0.1) is 0 Å². The van der Waals surface area contributed by atoms with Gasteiger partial charge in [-0.1, -0.05) is 0 Å². The second kappa shape index (κ2) is 8.49. The Kier molecular flexibility index (Phi) is 6.63. The fraction of sp³-hybridized carbons (Fsp3) is 0.619. The lowest BCUT2D eigenvalue weighted by Crippen LogP contribution is -2.44. The maximum atomic E-state index is 13.0. The maximum absolute atomic E-state index is 13.0. The maximum Gasteiger partial charge on any atom is 0.410 e. The van der Waals surface area contributed by atoms with Crippen molar-refractivity contribution in [2.24, 2.45) is 0 Å². The van der Waals surface area contributed by atoms with Crippen molar-refractivity contribution < 1.29 is 29.0 Å². The molecule has 30 heavy (non-hydrogen) atoms. The SMILES string of the molecule is CC(C)(C)OC(=O)c1c(C(=O)O)ccn(C2CCN(C(=O)OC(C)(C)C)CC2)c1=O. The minimum Gasteiger partial charge on any atom is -0.478 e. The number of piperidine rings is 1. The number of hydrogen-bond acceptors (Lipinski definition) is 6. The number of rotatable bonds is 3. The van der Waals surface area contributed by atoms with Crippen LogP contribution in [-0.2, 0) is 9.47 Å². The average molecular weight is 422 g/mol. The van der Waals surface area contributed by atoms with E-state index >= 15 is 0 Å². The van der Waals surface area contributed by atoms with Crippen molar-refractivity contribution in [3.8, 4) is 0 Å². The highest BCUT2D eigenvalue weighted by Crippen LogP contribution is 2.24. The van der Waals surface area contributed by atoms with Crippen molar-refractivity contribution in [3.05, 3.63) is 33.7 Å². The molecule has 2 heterocycles. The van der Waals surface area contributed by atoms with E-state index in [1.165, 1.54) is 16.8 Å². The number of aromatic nitrogens is 1. The van der Waals surface area contributed by atoms with E-state index in [1.807, 2.05) is 0 Å². The van der Waals surface area contributed by atoms with E-state index in [0.717, 1.165) is 0 Å². The summed E-state index contributed by atoms with van der Waals surface area (Å²) in [6.45, 7) is 11.1. The molecule has 0 unspecified atom stereocenters. The van der Waals surface area contributed by atoms with Crippen LogP contribution in [0.25, 0.3) is 0 Å². The molecule has 0 radical (unpaired) electrons. The van der Waals surface area contributed by atoms with Crippen LogP contribution in [0.1, 0.15) is 81.1 Å². The number of esters is 1. The molecular weight excluding hydrogens is 392 g/mol. The Labute approximate surface area is 175 Å². The summed E-state index contributed by atoms with van der Waals surface area (Å²) in [6.07, 6.45) is 1.91. The number of carbonyl (C=O) groups is 3. The lowest BCUT2D eigenvalue weighted by molar-refractivity contribution is 0.00626. The average Bonchev–Trinajstić information content (AvgIpc) is 2.58. The molecule has 1 aromatic heterocycles. The molecule has 1 aliphatic heterocycles. The molecule has 9 heteroatoms. The number of carboxylic acid groups (broad SMARTS) is 1. The summed E-state index contributed by atoms with van der Waals surface area (Å²) < 4.78 is 12.0. The van der Waals surface area contributed by atoms with E-state index in [9.17, 15) is 24.3 Å². The molecule has 1 aromatic rings. The first-order chi connectivity index (χ1) is 13.7. The van der Waals surface area contributed by atoms with Gasteiger partial charge in [0.05, 0.1) is 5.56 Å². The predicted octanol–water partition coefficient (Wildman–Crippen LogP) is 3.07.